The summed E-state index contributed by atoms with van der Waals surface area (Å²) in [6.45, 7) is 2.59. The predicted molar refractivity (Wildman–Crippen MR) is 63.2 cm³/mol. The molecule has 0 radical (unpaired) electrons. The van der Waals surface area contributed by atoms with Crippen molar-refractivity contribution in [1.29, 1.82) is 0 Å². The molecule has 2 nitrogen and oxygen atoms in total. The van der Waals surface area contributed by atoms with Crippen LogP contribution >= 0.6 is 41.4 Å². The number of rotatable bonds is 6. The van der Waals surface area contributed by atoms with Crippen LogP contribution in [0.3, 0.4) is 0 Å². The summed E-state index contributed by atoms with van der Waals surface area (Å²) in [5.41, 5.74) is -0.647. The van der Waals surface area contributed by atoms with E-state index in [-0.39, 0.29) is 5.97 Å². The summed E-state index contributed by atoms with van der Waals surface area (Å²) >= 11 is 9.55. The summed E-state index contributed by atoms with van der Waals surface area (Å²) in [6, 6.07) is 0. The zero-order chi connectivity index (χ0) is 9.40. The molecular weight excluding hydrogens is 231 g/mol. The second-order valence-corrected chi connectivity index (χ2v) is 9.99. The summed E-state index contributed by atoms with van der Waals surface area (Å²) in [6.07, 6.45) is 1.99. The van der Waals surface area contributed by atoms with Crippen LogP contribution in [-0.2, 0) is 9.53 Å². The van der Waals surface area contributed by atoms with Crippen molar-refractivity contribution in [3.63, 3.8) is 0 Å². The maximum absolute atomic E-state index is 10.9. The van der Waals surface area contributed by atoms with E-state index < -0.39 is 5.53 Å². The lowest BCUT2D eigenvalue weighted by Gasteiger charge is -2.04. The lowest BCUT2D eigenvalue weighted by molar-refractivity contribution is -0.140. The lowest BCUT2D eigenvalue weighted by Crippen LogP contribution is -2.07. The summed E-state index contributed by atoms with van der Waals surface area (Å²) in [4.78, 5) is 10.9. The van der Waals surface area contributed by atoms with Gasteiger partial charge >= 0.3 is 5.97 Å². The van der Waals surface area contributed by atoms with Crippen molar-refractivity contribution in [2.24, 2.45) is 0 Å². The van der Waals surface area contributed by atoms with E-state index >= 15 is 0 Å². The summed E-state index contributed by atoms with van der Waals surface area (Å²) in [7, 11) is 0. The minimum atomic E-state index is -0.647. The molecule has 0 saturated carbocycles. The number of hydrogen-bond acceptors (Lipinski definition) is 5. The number of carbonyl (C=O) groups excluding carboxylic acids is 1. The van der Waals surface area contributed by atoms with Gasteiger partial charge in [0.2, 0.25) is 0 Å². The van der Waals surface area contributed by atoms with Gasteiger partial charge in [-0.2, -0.15) is 0 Å². The SMILES string of the molecule is CCCCOC(=O)CSP(S)S. The Balaban J connectivity index is 3.22. The highest BCUT2D eigenvalue weighted by atomic mass is 33.3. The molecule has 0 atom stereocenters. The zero-order valence-corrected chi connectivity index (χ0v) is 10.4. The molecule has 0 saturated heterocycles. The van der Waals surface area contributed by atoms with Gasteiger partial charge in [-0.05, 0) is 6.42 Å². The van der Waals surface area contributed by atoms with E-state index in [1.807, 2.05) is 0 Å². The van der Waals surface area contributed by atoms with Crippen LogP contribution in [0.1, 0.15) is 19.8 Å². The topological polar surface area (TPSA) is 26.3 Å². The third-order valence-electron chi connectivity index (χ3n) is 1.06. The van der Waals surface area contributed by atoms with Crippen molar-refractivity contribution in [3.05, 3.63) is 0 Å². The van der Waals surface area contributed by atoms with Gasteiger partial charge in [-0.15, -0.1) is 35.9 Å². The first-order valence-electron chi connectivity index (χ1n) is 3.63. The van der Waals surface area contributed by atoms with Gasteiger partial charge in [-0.1, -0.05) is 13.3 Å². The first kappa shape index (κ1) is 12.9. The Kier molecular flexibility index (Phi) is 9.22. The molecule has 0 aliphatic carbocycles. The van der Waals surface area contributed by atoms with Gasteiger partial charge in [-0.25, -0.2) is 0 Å². The number of ether oxygens (including phenoxy) is 1. The normalized spacial score (nSPS) is 10.3. The fourth-order valence-electron chi connectivity index (χ4n) is 0.482. The molecule has 0 aromatic carbocycles. The fourth-order valence-corrected chi connectivity index (χ4v) is 2.49. The zero-order valence-electron chi connectivity index (χ0n) is 6.89. The van der Waals surface area contributed by atoms with E-state index in [0.29, 0.717) is 12.4 Å². The van der Waals surface area contributed by atoms with Crippen LogP contribution in [0.2, 0.25) is 0 Å². The third kappa shape index (κ3) is 9.04. The molecule has 0 aromatic rings. The predicted octanol–water partition coefficient (Wildman–Crippen LogP) is 3.15. The van der Waals surface area contributed by atoms with Gasteiger partial charge in [0.15, 0.2) is 0 Å². The molecule has 0 aliphatic heterocycles. The van der Waals surface area contributed by atoms with Gasteiger partial charge in [-0.3, -0.25) is 4.79 Å². The maximum Gasteiger partial charge on any atom is 0.316 e. The van der Waals surface area contributed by atoms with Crippen LogP contribution in [0.25, 0.3) is 0 Å². The van der Waals surface area contributed by atoms with Crippen molar-refractivity contribution in [3.8, 4) is 0 Å². The largest absolute Gasteiger partial charge is 0.465 e. The average molecular weight is 244 g/mol. The number of esters is 1. The molecule has 6 heteroatoms. The van der Waals surface area contributed by atoms with Gasteiger partial charge in [0.25, 0.3) is 0 Å². The van der Waals surface area contributed by atoms with E-state index in [1.54, 1.807) is 0 Å². The van der Waals surface area contributed by atoms with E-state index in [4.69, 9.17) is 4.74 Å². The van der Waals surface area contributed by atoms with E-state index in [2.05, 4.69) is 31.4 Å². The number of hydrogen-bond donors (Lipinski definition) is 2. The third-order valence-corrected chi connectivity index (χ3v) is 4.81. The molecule has 0 aliphatic rings. The summed E-state index contributed by atoms with van der Waals surface area (Å²) in [5, 5.41) is 0. The Morgan fingerprint density at radius 1 is 1.58 bits per heavy atom. The number of unbranched alkanes of at least 4 members (excludes halogenated alkanes) is 1. The van der Waals surface area contributed by atoms with Crippen LogP contribution in [0.15, 0.2) is 0 Å². The van der Waals surface area contributed by atoms with Crippen LogP contribution < -0.4 is 0 Å². The second kappa shape index (κ2) is 8.54. The minimum Gasteiger partial charge on any atom is -0.465 e. The van der Waals surface area contributed by atoms with Crippen molar-refractivity contribution in [2.75, 3.05) is 12.4 Å². The molecule has 0 unspecified atom stereocenters. The Labute approximate surface area is 89.0 Å². The van der Waals surface area contributed by atoms with Gasteiger partial charge in [0.1, 0.15) is 0 Å². The van der Waals surface area contributed by atoms with Crippen LogP contribution in [0.4, 0.5) is 0 Å². The number of thiol groups is 2. The van der Waals surface area contributed by atoms with E-state index in [9.17, 15) is 4.79 Å². The Bertz CT molecular complexity index is 132. The van der Waals surface area contributed by atoms with Crippen LogP contribution in [0.5, 0.6) is 0 Å². The van der Waals surface area contributed by atoms with Crippen molar-refractivity contribution in [1.82, 2.24) is 0 Å². The maximum atomic E-state index is 10.9. The van der Waals surface area contributed by atoms with Gasteiger partial charge in [0, 0.05) is 0 Å². The highest BCUT2D eigenvalue weighted by Crippen LogP contribution is 2.57. The molecule has 12 heavy (non-hydrogen) atoms. The van der Waals surface area contributed by atoms with Crippen molar-refractivity contribution >= 4 is 47.4 Å². The van der Waals surface area contributed by atoms with E-state index in [0.717, 1.165) is 12.8 Å². The fraction of sp³-hybridized carbons (Fsp3) is 0.833. The molecule has 0 rings (SSSR count). The molecule has 72 valence electrons. The molecular formula is C6H13O2PS3. The highest BCUT2D eigenvalue weighted by Gasteiger charge is 2.04. The first-order valence-corrected chi connectivity index (χ1v) is 8.87. The van der Waals surface area contributed by atoms with Gasteiger partial charge in [0.05, 0.1) is 17.9 Å². The second-order valence-electron chi connectivity index (χ2n) is 2.10. The standard InChI is InChI=1S/C6H13O2PS3/c1-2-3-4-8-6(7)5-12-9(10)11/h10-11H,2-5H2,1H3. The molecule has 0 aromatic heterocycles. The monoisotopic (exact) mass is 244 g/mol. The van der Waals surface area contributed by atoms with Crippen molar-refractivity contribution in [2.45, 2.75) is 19.8 Å². The molecule has 0 heterocycles. The van der Waals surface area contributed by atoms with Crippen molar-refractivity contribution < 1.29 is 9.53 Å². The smallest absolute Gasteiger partial charge is 0.316 e. The molecule has 0 amide bonds. The first-order chi connectivity index (χ1) is 5.66. The highest BCUT2D eigenvalue weighted by molar-refractivity contribution is 9.06. The van der Waals surface area contributed by atoms with Crippen LogP contribution in [-0.4, -0.2) is 18.3 Å². The van der Waals surface area contributed by atoms with Gasteiger partial charge < -0.3 is 4.74 Å². The lowest BCUT2D eigenvalue weighted by atomic mass is 10.4. The average Bonchev–Trinajstić information content (AvgIpc) is 2.01. The molecule has 0 bridgehead atoms. The number of carbonyl (C=O) groups is 1. The van der Waals surface area contributed by atoms with E-state index in [1.165, 1.54) is 11.4 Å². The summed E-state index contributed by atoms with van der Waals surface area (Å²) < 4.78 is 4.92. The Morgan fingerprint density at radius 2 is 2.25 bits per heavy atom. The molecule has 0 fully saturated rings. The molecule has 0 spiro atoms. The molecule has 0 N–H and O–H groups in total. The minimum absolute atomic E-state index is 0.163. The quantitative estimate of drug-likeness (QED) is 0.325. The Hall–Kier alpha value is 0.950. The summed E-state index contributed by atoms with van der Waals surface area (Å²) in [5.74, 6) is 0.201. The Morgan fingerprint density at radius 3 is 2.75 bits per heavy atom. The van der Waals surface area contributed by atoms with Crippen LogP contribution in [0, 0.1) is 0 Å².